The third kappa shape index (κ3) is 9.97. The van der Waals surface area contributed by atoms with E-state index in [0.29, 0.717) is 12.5 Å². The van der Waals surface area contributed by atoms with E-state index in [1.54, 1.807) is 19.2 Å². The van der Waals surface area contributed by atoms with Gasteiger partial charge in [-0.2, -0.15) is 0 Å². The molecule has 0 spiro atoms. The summed E-state index contributed by atoms with van der Waals surface area (Å²) < 4.78 is 10.0. The zero-order valence-corrected chi connectivity index (χ0v) is 12.6. The van der Waals surface area contributed by atoms with E-state index >= 15 is 0 Å². The SMILES string of the molecule is COCNCCNCCCNCC(=O)Oc1ccccc1. The minimum absolute atomic E-state index is 0.226. The van der Waals surface area contributed by atoms with Crippen molar-refractivity contribution in [2.24, 2.45) is 0 Å². The second kappa shape index (κ2) is 12.3. The van der Waals surface area contributed by atoms with Gasteiger partial charge in [0.15, 0.2) is 0 Å². The molecule has 3 N–H and O–H groups in total. The molecule has 0 unspecified atom stereocenters. The molecule has 1 aromatic rings. The Bertz CT molecular complexity index is 374. The maximum atomic E-state index is 11.5. The fourth-order valence-corrected chi connectivity index (χ4v) is 1.66. The van der Waals surface area contributed by atoms with Crippen LogP contribution in [0.15, 0.2) is 30.3 Å². The van der Waals surface area contributed by atoms with E-state index in [1.807, 2.05) is 18.2 Å². The lowest BCUT2D eigenvalue weighted by molar-refractivity contribution is -0.133. The molecule has 0 saturated carbocycles. The molecule has 6 heteroatoms. The predicted molar refractivity (Wildman–Crippen MR) is 82.3 cm³/mol. The van der Waals surface area contributed by atoms with Gasteiger partial charge < -0.3 is 20.1 Å². The molecule has 6 nitrogen and oxygen atoms in total. The fourth-order valence-electron chi connectivity index (χ4n) is 1.66. The normalized spacial score (nSPS) is 10.5. The van der Waals surface area contributed by atoms with E-state index in [9.17, 15) is 4.79 Å². The molecule has 0 saturated heterocycles. The van der Waals surface area contributed by atoms with Crippen LogP contribution in [0.2, 0.25) is 0 Å². The van der Waals surface area contributed by atoms with Crippen molar-refractivity contribution in [2.45, 2.75) is 6.42 Å². The Hall–Kier alpha value is -1.47. The van der Waals surface area contributed by atoms with Crippen LogP contribution >= 0.6 is 0 Å². The quantitative estimate of drug-likeness (QED) is 0.224. The molecule has 0 fully saturated rings. The zero-order chi connectivity index (χ0) is 15.2. The number of carbonyl (C=O) groups is 1. The van der Waals surface area contributed by atoms with Gasteiger partial charge in [-0.3, -0.25) is 10.1 Å². The van der Waals surface area contributed by atoms with Crippen molar-refractivity contribution in [2.75, 3.05) is 46.6 Å². The number of rotatable bonds is 12. The average Bonchev–Trinajstić information content (AvgIpc) is 2.50. The Balaban J connectivity index is 1.89. The molecule has 0 amide bonds. The first-order valence-electron chi connectivity index (χ1n) is 7.19. The average molecular weight is 295 g/mol. The molecule has 1 rings (SSSR count). The van der Waals surface area contributed by atoms with Gasteiger partial charge in [0, 0.05) is 20.2 Å². The molecular weight excluding hydrogens is 270 g/mol. The third-order valence-corrected chi connectivity index (χ3v) is 2.68. The van der Waals surface area contributed by atoms with Crippen LogP contribution in [0, 0.1) is 0 Å². The second-order valence-corrected chi connectivity index (χ2v) is 4.50. The number of methoxy groups -OCH3 is 1. The van der Waals surface area contributed by atoms with Gasteiger partial charge in [0.05, 0.1) is 13.3 Å². The van der Waals surface area contributed by atoms with E-state index in [-0.39, 0.29) is 12.5 Å². The van der Waals surface area contributed by atoms with Crippen LogP contribution in [-0.2, 0) is 9.53 Å². The summed E-state index contributed by atoms with van der Waals surface area (Å²) in [4.78, 5) is 11.5. The maximum absolute atomic E-state index is 11.5. The molecule has 0 aliphatic carbocycles. The molecule has 1 aromatic carbocycles. The lowest BCUT2D eigenvalue weighted by atomic mass is 10.3. The van der Waals surface area contributed by atoms with Crippen molar-refractivity contribution in [1.82, 2.24) is 16.0 Å². The van der Waals surface area contributed by atoms with Crippen LogP contribution in [0.3, 0.4) is 0 Å². The Labute approximate surface area is 126 Å². The number of nitrogens with one attached hydrogen (secondary N) is 3. The zero-order valence-electron chi connectivity index (χ0n) is 12.6. The summed E-state index contributed by atoms with van der Waals surface area (Å²) in [6.45, 7) is 4.28. The molecule has 0 radical (unpaired) electrons. The summed E-state index contributed by atoms with van der Waals surface area (Å²) in [6, 6.07) is 9.08. The van der Waals surface area contributed by atoms with Gasteiger partial charge in [-0.1, -0.05) is 18.2 Å². The monoisotopic (exact) mass is 295 g/mol. The summed E-state index contributed by atoms with van der Waals surface area (Å²) in [5.74, 6) is 0.312. The van der Waals surface area contributed by atoms with Crippen molar-refractivity contribution in [1.29, 1.82) is 0 Å². The highest BCUT2D eigenvalue weighted by atomic mass is 16.5. The third-order valence-electron chi connectivity index (χ3n) is 2.68. The highest BCUT2D eigenvalue weighted by Crippen LogP contribution is 2.07. The second-order valence-electron chi connectivity index (χ2n) is 4.50. The maximum Gasteiger partial charge on any atom is 0.325 e. The molecule has 0 atom stereocenters. The van der Waals surface area contributed by atoms with Crippen LogP contribution in [0.4, 0.5) is 0 Å². The van der Waals surface area contributed by atoms with Crippen molar-refractivity contribution in [3.63, 3.8) is 0 Å². The summed E-state index contributed by atoms with van der Waals surface area (Å²) in [6.07, 6.45) is 0.961. The molecule has 0 aliphatic rings. The molecule has 0 bridgehead atoms. The summed E-state index contributed by atoms with van der Waals surface area (Å²) >= 11 is 0. The predicted octanol–water partition coefficient (Wildman–Crippen LogP) is 0.355. The summed E-state index contributed by atoms with van der Waals surface area (Å²) in [5.41, 5.74) is 0. The Morgan fingerprint density at radius 1 is 1.00 bits per heavy atom. The summed E-state index contributed by atoms with van der Waals surface area (Å²) in [5, 5.41) is 9.48. The minimum Gasteiger partial charge on any atom is -0.426 e. The van der Waals surface area contributed by atoms with E-state index in [1.165, 1.54) is 0 Å². The highest BCUT2D eigenvalue weighted by molar-refractivity contribution is 5.74. The number of benzene rings is 1. The van der Waals surface area contributed by atoms with Crippen molar-refractivity contribution >= 4 is 5.97 Å². The van der Waals surface area contributed by atoms with Crippen LogP contribution in [0.5, 0.6) is 5.75 Å². The number of carbonyl (C=O) groups excluding carboxylic acids is 1. The van der Waals surface area contributed by atoms with E-state index in [0.717, 1.165) is 32.6 Å². The van der Waals surface area contributed by atoms with Gasteiger partial charge in [0.2, 0.25) is 0 Å². The first kappa shape index (κ1) is 17.6. The molecule has 118 valence electrons. The number of ether oxygens (including phenoxy) is 2. The van der Waals surface area contributed by atoms with Gasteiger partial charge in [-0.15, -0.1) is 0 Å². The van der Waals surface area contributed by atoms with Crippen molar-refractivity contribution in [3.8, 4) is 5.75 Å². The highest BCUT2D eigenvalue weighted by Gasteiger charge is 2.02. The minimum atomic E-state index is -0.266. The van der Waals surface area contributed by atoms with Gasteiger partial charge in [0.1, 0.15) is 5.75 Å². The Morgan fingerprint density at radius 3 is 2.48 bits per heavy atom. The lowest BCUT2D eigenvalue weighted by Gasteiger charge is -2.07. The smallest absolute Gasteiger partial charge is 0.325 e. The first-order chi connectivity index (χ1) is 10.3. The molecular formula is C15H25N3O3. The lowest BCUT2D eigenvalue weighted by Crippen LogP contribution is -2.31. The molecule has 0 heterocycles. The van der Waals surface area contributed by atoms with E-state index in [4.69, 9.17) is 9.47 Å². The standard InChI is InChI=1S/C15H25N3O3/c1-20-13-18-11-10-16-8-5-9-17-12-15(19)21-14-6-3-2-4-7-14/h2-4,6-7,16-18H,5,8-13H2,1H3. The molecule has 0 aromatic heterocycles. The largest absolute Gasteiger partial charge is 0.426 e. The first-order valence-corrected chi connectivity index (χ1v) is 7.19. The van der Waals surface area contributed by atoms with Gasteiger partial charge in [0.25, 0.3) is 0 Å². The number of hydrogen-bond acceptors (Lipinski definition) is 6. The van der Waals surface area contributed by atoms with Gasteiger partial charge in [-0.05, 0) is 31.6 Å². The van der Waals surface area contributed by atoms with Crippen LogP contribution in [0.25, 0.3) is 0 Å². The number of hydrogen-bond donors (Lipinski definition) is 3. The van der Waals surface area contributed by atoms with E-state index < -0.39 is 0 Å². The molecule has 21 heavy (non-hydrogen) atoms. The van der Waals surface area contributed by atoms with Crippen molar-refractivity contribution < 1.29 is 14.3 Å². The fraction of sp³-hybridized carbons (Fsp3) is 0.533. The van der Waals surface area contributed by atoms with Crippen LogP contribution in [-0.4, -0.2) is 52.5 Å². The number of esters is 1. The van der Waals surface area contributed by atoms with Gasteiger partial charge in [-0.25, -0.2) is 0 Å². The Morgan fingerprint density at radius 2 is 1.71 bits per heavy atom. The van der Waals surface area contributed by atoms with Gasteiger partial charge >= 0.3 is 5.97 Å². The van der Waals surface area contributed by atoms with Crippen molar-refractivity contribution in [3.05, 3.63) is 30.3 Å². The summed E-state index contributed by atoms with van der Waals surface area (Å²) in [7, 11) is 1.66. The van der Waals surface area contributed by atoms with E-state index in [2.05, 4.69) is 16.0 Å². The van der Waals surface area contributed by atoms with Crippen LogP contribution in [0.1, 0.15) is 6.42 Å². The number of para-hydroxylation sites is 1. The van der Waals surface area contributed by atoms with Crippen LogP contribution < -0.4 is 20.7 Å². The topological polar surface area (TPSA) is 71.6 Å². The molecule has 0 aliphatic heterocycles. The Kier molecular flexibility index (Phi) is 10.3.